The van der Waals surface area contributed by atoms with Crippen LogP contribution < -0.4 is 14.2 Å². The van der Waals surface area contributed by atoms with Gasteiger partial charge in [0.25, 0.3) is 11.8 Å². The third-order valence-electron chi connectivity index (χ3n) is 4.52. The zero-order chi connectivity index (χ0) is 20.8. The first-order valence-electron chi connectivity index (χ1n) is 9.03. The second kappa shape index (κ2) is 9.05. The van der Waals surface area contributed by atoms with Gasteiger partial charge in [0.05, 0.1) is 21.3 Å². The lowest BCUT2D eigenvalue weighted by Gasteiger charge is -2.24. The summed E-state index contributed by atoms with van der Waals surface area (Å²) >= 11 is 0. The number of rotatable bonds is 6. The first-order valence-corrected chi connectivity index (χ1v) is 9.03. The molecule has 1 aliphatic rings. The molecule has 0 spiro atoms. The van der Waals surface area contributed by atoms with Gasteiger partial charge in [-0.2, -0.15) is 0 Å². The third kappa shape index (κ3) is 4.29. The van der Waals surface area contributed by atoms with Crippen LogP contribution in [0.5, 0.6) is 17.2 Å². The Balaban J connectivity index is 1.81. The van der Waals surface area contributed by atoms with Crippen molar-refractivity contribution in [1.82, 2.24) is 9.88 Å². The van der Waals surface area contributed by atoms with E-state index in [0.717, 1.165) is 0 Å². The fraction of sp³-hybridized carbons (Fsp3) is 0.227. The van der Waals surface area contributed by atoms with Crippen LogP contribution in [0.1, 0.15) is 17.5 Å². The summed E-state index contributed by atoms with van der Waals surface area (Å²) in [5.41, 5.74) is 1.86. The molecule has 3 rings (SSSR count). The van der Waals surface area contributed by atoms with Gasteiger partial charge in [0.2, 0.25) is 5.75 Å². The number of ether oxygens (including phenoxy) is 3. The van der Waals surface area contributed by atoms with Crippen LogP contribution in [0.3, 0.4) is 0 Å². The van der Waals surface area contributed by atoms with E-state index in [0.29, 0.717) is 46.9 Å². The maximum Gasteiger partial charge on any atom is 0.261 e. The summed E-state index contributed by atoms with van der Waals surface area (Å²) in [4.78, 5) is 30.7. The van der Waals surface area contributed by atoms with E-state index >= 15 is 0 Å². The van der Waals surface area contributed by atoms with Gasteiger partial charge in [-0.3, -0.25) is 19.5 Å². The summed E-state index contributed by atoms with van der Waals surface area (Å²) in [6.07, 6.45) is 8.67. The number of methoxy groups -OCH3 is 3. The van der Waals surface area contributed by atoms with E-state index in [9.17, 15) is 9.59 Å². The summed E-state index contributed by atoms with van der Waals surface area (Å²) in [5, 5.41) is 0. The second-order valence-electron chi connectivity index (χ2n) is 6.24. The predicted octanol–water partition coefficient (Wildman–Crippen LogP) is 2.96. The van der Waals surface area contributed by atoms with Gasteiger partial charge in [-0.1, -0.05) is 12.1 Å². The number of imide groups is 1. The summed E-state index contributed by atoms with van der Waals surface area (Å²) in [6.45, 7) is 0.334. The van der Waals surface area contributed by atoms with E-state index in [1.807, 2.05) is 6.08 Å². The first kappa shape index (κ1) is 20.1. The third-order valence-corrected chi connectivity index (χ3v) is 4.52. The number of carbonyl (C=O) groups is 2. The Morgan fingerprint density at radius 1 is 1.14 bits per heavy atom. The van der Waals surface area contributed by atoms with Gasteiger partial charge in [-0.25, -0.2) is 0 Å². The Kier molecular flexibility index (Phi) is 6.29. The van der Waals surface area contributed by atoms with Crippen LogP contribution in [0.15, 0.2) is 48.8 Å². The number of pyridine rings is 1. The molecule has 1 aromatic carbocycles. The maximum absolute atomic E-state index is 12.8. The van der Waals surface area contributed by atoms with Crippen LogP contribution in [-0.4, -0.2) is 49.6 Å². The molecule has 0 saturated heterocycles. The van der Waals surface area contributed by atoms with E-state index in [1.54, 1.807) is 42.7 Å². The molecule has 0 unspecified atom stereocenters. The van der Waals surface area contributed by atoms with Crippen LogP contribution in [0.25, 0.3) is 11.6 Å². The molecule has 1 aromatic heterocycles. The number of aromatic nitrogens is 1. The molecule has 7 nitrogen and oxygen atoms in total. The molecule has 0 aliphatic carbocycles. The molecule has 7 heteroatoms. The molecule has 1 aliphatic heterocycles. The first-order chi connectivity index (χ1) is 14.1. The summed E-state index contributed by atoms with van der Waals surface area (Å²) in [7, 11) is 4.57. The van der Waals surface area contributed by atoms with Gasteiger partial charge < -0.3 is 14.2 Å². The molecule has 0 fully saturated rings. The normalized spacial score (nSPS) is 14.0. The van der Waals surface area contributed by atoms with Gasteiger partial charge in [0.1, 0.15) is 0 Å². The maximum atomic E-state index is 12.8. The average molecular weight is 394 g/mol. The monoisotopic (exact) mass is 394 g/mol. The van der Waals surface area contributed by atoms with E-state index in [1.165, 1.54) is 32.3 Å². The Bertz CT molecular complexity index is 941. The van der Waals surface area contributed by atoms with Gasteiger partial charge in [-0.05, 0) is 36.3 Å². The van der Waals surface area contributed by atoms with Crippen LogP contribution in [0.2, 0.25) is 0 Å². The van der Waals surface area contributed by atoms with E-state index in [-0.39, 0.29) is 5.91 Å². The Morgan fingerprint density at radius 3 is 2.45 bits per heavy atom. The number of hydrogen-bond donors (Lipinski definition) is 0. The summed E-state index contributed by atoms with van der Waals surface area (Å²) in [6, 6.07) is 7.01. The van der Waals surface area contributed by atoms with Crippen molar-refractivity contribution in [3.8, 4) is 17.2 Å². The Morgan fingerprint density at radius 2 is 1.86 bits per heavy atom. The minimum Gasteiger partial charge on any atom is -0.493 e. The lowest BCUT2D eigenvalue weighted by atomic mass is 10.0. The molecular weight excluding hydrogens is 372 g/mol. The fourth-order valence-corrected chi connectivity index (χ4v) is 3.10. The lowest BCUT2D eigenvalue weighted by molar-refractivity contribution is -0.138. The van der Waals surface area contributed by atoms with E-state index < -0.39 is 5.91 Å². The summed E-state index contributed by atoms with van der Waals surface area (Å²) < 4.78 is 15.9. The molecule has 0 atom stereocenters. The van der Waals surface area contributed by atoms with Gasteiger partial charge in [0.15, 0.2) is 11.5 Å². The largest absolute Gasteiger partial charge is 0.493 e. The molecule has 0 bridgehead atoms. The highest BCUT2D eigenvalue weighted by molar-refractivity contribution is 6.25. The quantitative estimate of drug-likeness (QED) is 0.701. The lowest BCUT2D eigenvalue weighted by Crippen LogP contribution is -2.39. The highest BCUT2D eigenvalue weighted by Gasteiger charge is 2.26. The minimum absolute atomic E-state index is 0.330. The van der Waals surface area contributed by atoms with Crippen molar-refractivity contribution in [2.75, 3.05) is 27.9 Å². The molecule has 2 amide bonds. The van der Waals surface area contributed by atoms with E-state index in [2.05, 4.69) is 4.98 Å². The number of carbonyl (C=O) groups excluding carboxylic acids is 2. The zero-order valence-electron chi connectivity index (χ0n) is 16.5. The van der Waals surface area contributed by atoms with Gasteiger partial charge >= 0.3 is 0 Å². The Labute approximate surface area is 169 Å². The van der Waals surface area contributed by atoms with Crippen molar-refractivity contribution >= 4 is 23.5 Å². The minimum atomic E-state index is -0.391. The van der Waals surface area contributed by atoms with Gasteiger partial charge in [0, 0.05) is 36.2 Å². The molecule has 0 saturated carbocycles. The zero-order valence-corrected chi connectivity index (χ0v) is 16.5. The highest BCUT2D eigenvalue weighted by Crippen LogP contribution is 2.38. The highest BCUT2D eigenvalue weighted by atomic mass is 16.5. The van der Waals surface area contributed by atoms with Crippen LogP contribution in [-0.2, 0) is 9.59 Å². The molecule has 0 radical (unpaired) electrons. The SMILES string of the molecule is COc1cc(/C=C/C(=O)N2CCC=C(c3cccnc3)C2=O)cc(OC)c1OC. The van der Waals surface area contributed by atoms with Crippen LogP contribution >= 0.6 is 0 Å². The predicted molar refractivity (Wildman–Crippen MR) is 109 cm³/mol. The van der Waals surface area contributed by atoms with Gasteiger partial charge in [-0.15, -0.1) is 0 Å². The molecule has 150 valence electrons. The summed E-state index contributed by atoms with van der Waals surface area (Å²) in [5.74, 6) is 0.711. The smallest absolute Gasteiger partial charge is 0.261 e. The fourth-order valence-electron chi connectivity index (χ4n) is 3.10. The van der Waals surface area contributed by atoms with E-state index in [4.69, 9.17) is 14.2 Å². The number of hydrogen-bond acceptors (Lipinski definition) is 6. The molecule has 2 heterocycles. The average Bonchev–Trinajstić information content (AvgIpc) is 2.77. The van der Waals surface area contributed by atoms with Crippen molar-refractivity contribution in [3.63, 3.8) is 0 Å². The molecule has 29 heavy (non-hydrogen) atoms. The molecular formula is C22H22N2O5. The number of benzene rings is 1. The molecule has 2 aromatic rings. The molecule has 0 N–H and O–H groups in total. The van der Waals surface area contributed by atoms with Crippen molar-refractivity contribution in [3.05, 3.63) is 59.9 Å². The topological polar surface area (TPSA) is 78.0 Å². The van der Waals surface area contributed by atoms with Crippen molar-refractivity contribution in [1.29, 1.82) is 0 Å². The van der Waals surface area contributed by atoms with Crippen molar-refractivity contribution < 1.29 is 23.8 Å². The standard InChI is InChI=1S/C22H22N2O5/c1-27-18-12-15(13-19(28-2)21(18)29-3)8-9-20(25)24-11-5-7-17(22(24)26)16-6-4-10-23-14-16/h4,6-10,12-14H,5,11H2,1-3H3/b9-8+. The number of amides is 2. The van der Waals surface area contributed by atoms with Crippen molar-refractivity contribution in [2.45, 2.75) is 6.42 Å². The van der Waals surface area contributed by atoms with Crippen LogP contribution in [0, 0.1) is 0 Å². The van der Waals surface area contributed by atoms with Crippen molar-refractivity contribution in [2.24, 2.45) is 0 Å². The number of nitrogens with zero attached hydrogens (tertiary/aromatic N) is 2. The second-order valence-corrected chi connectivity index (χ2v) is 6.24. The van der Waals surface area contributed by atoms with Crippen LogP contribution in [0.4, 0.5) is 0 Å². The Hall–Kier alpha value is -3.61.